The SMILES string of the molecule is C/C(=N\NC(=O)[C@H]1CCS(=O)(=O)C1)c1ccc2ccccc2c1O. The van der Waals surface area contributed by atoms with Gasteiger partial charge < -0.3 is 5.11 Å². The number of amides is 1. The van der Waals surface area contributed by atoms with E-state index in [0.29, 0.717) is 23.1 Å². The molecule has 1 aliphatic rings. The Morgan fingerprint density at radius 3 is 2.71 bits per heavy atom. The number of carbonyl (C=O) groups excluding carboxylic acids is 1. The van der Waals surface area contributed by atoms with Gasteiger partial charge in [-0.3, -0.25) is 4.79 Å². The van der Waals surface area contributed by atoms with E-state index in [2.05, 4.69) is 10.5 Å². The standard InChI is InChI=1S/C17H18N2O4S/c1-11(18-19-17(21)13-8-9-24(22,23)10-13)14-7-6-12-4-2-3-5-15(12)16(14)20/h2-7,13,20H,8-10H2,1H3,(H,19,21)/b18-11+/t13-/m0/s1. The number of carbonyl (C=O) groups is 1. The topological polar surface area (TPSA) is 95.8 Å². The van der Waals surface area contributed by atoms with Crippen molar-refractivity contribution in [2.24, 2.45) is 11.0 Å². The lowest BCUT2D eigenvalue weighted by molar-refractivity contribution is -0.124. The van der Waals surface area contributed by atoms with Crippen LogP contribution in [0.4, 0.5) is 0 Å². The second-order valence-corrected chi connectivity index (χ2v) is 8.18. The fraction of sp³-hybridized carbons (Fsp3) is 0.294. The van der Waals surface area contributed by atoms with Crippen LogP contribution in [0.2, 0.25) is 0 Å². The molecule has 0 spiro atoms. The number of fused-ring (bicyclic) bond motifs is 1. The molecular weight excluding hydrogens is 328 g/mol. The highest BCUT2D eigenvalue weighted by molar-refractivity contribution is 7.91. The molecule has 0 unspecified atom stereocenters. The van der Waals surface area contributed by atoms with Crippen LogP contribution in [0.1, 0.15) is 18.9 Å². The molecule has 1 atom stereocenters. The molecule has 1 saturated heterocycles. The molecule has 3 rings (SSSR count). The first-order chi connectivity index (χ1) is 11.4. The summed E-state index contributed by atoms with van der Waals surface area (Å²) in [6, 6.07) is 11.0. The van der Waals surface area contributed by atoms with Gasteiger partial charge in [-0.1, -0.05) is 30.3 Å². The third-order valence-electron chi connectivity index (χ3n) is 4.23. The van der Waals surface area contributed by atoms with Crippen LogP contribution >= 0.6 is 0 Å². The van der Waals surface area contributed by atoms with E-state index < -0.39 is 21.7 Å². The molecular formula is C17H18N2O4S. The number of rotatable bonds is 3. The van der Waals surface area contributed by atoms with Gasteiger partial charge >= 0.3 is 0 Å². The number of sulfone groups is 1. The Morgan fingerprint density at radius 1 is 1.25 bits per heavy atom. The molecule has 1 heterocycles. The molecule has 2 aromatic rings. The minimum Gasteiger partial charge on any atom is -0.507 e. The summed E-state index contributed by atoms with van der Waals surface area (Å²) in [7, 11) is -3.11. The molecule has 1 amide bonds. The van der Waals surface area contributed by atoms with Crippen molar-refractivity contribution in [1.82, 2.24) is 5.43 Å². The van der Waals surface area contributed by atoms with Gasteiger partial charge in [0.2, 0.25) is 5.91 Å². The Kier molecular flexibility index (Phi) is 4.28. The van der Waals surface area contributed by atoms with Crippen LogP contribution in [0.25, 0.3) is 10.8 Å². The van der Waals surface area contributed by atoms with Crippen LogP contribution < -0.4 is 5.43 Å². The predicted molar refractivity (Wildman–Crippen MR) is 92.7 cm³/mol. The third kappa shape index (κ3) is 3.26. The van der Waals surface area contributed by atoms with E-state index in [4.69, 9.17) is 0 Å². The van der Waals surface area contributed by atoms with E-state index in [1.165, 1.54) is 0 Å². The Labute approximate surface area is 140 Å². The average molecular weight is 346 g/mol. The van der Waals surface area contributed by atoms with Gasteiger partial charge in [0, 0.05) is 10.9 Å². The molecule has 0 aliphatic carbocycles. The van der Waals surface area contributed by atoms with Crippen molar-refractivity contribution in [3.63, 3.8) is 0 Å². The van der Waals surface area contributed by atoms with E-state index in [1.807, 2.05) is 30.3 Å². The van der Waals surface area contributed by atoms with Crippen molar-refractivity contribution in [1.29, 1.82) is 0 Å². The maximum atomic E-state index is 12.0. The summed E-state index contributed by atoms with van der Waals surface area (Å²) in [5.74, 6) is -0.951. The Hall–Kier alpha value is -2.41. The zero-order valence-electron chi connectivity index (χ0n) is 13.2. The fourth-order valence-electron chi connectivity index (χ4n) is 2.84. The van der Waals surface area contributed by atoms with Crippen LogP contribution in [0, 0.1) is 5.92 Å². The van der Waals surface area contributed by atoms with E-state index in [9.17, 15) is 18.3 Å². The first-order valence-electron chi connectivity index (χ1n) is 7.63. The second-order valence-electron chi connectivity index (χ2n) is 5.96. The molecule has 0 aromatic heterocycles. The molecule has 0 saturated carbocycles. The van der Waals surface area contributed by atoms with E-state index in [1.54, 1.807) is 13.0 Å². The summed E-state index contributed by atoms with van der Waals surface area (Å²) in [6.07, 6.45) is 0.323. The molecule has 0 radical (unpaired) electrons. The Morgan fingerprint density at radius 2 is 2.00 bits per heavy atom. The maximum Gasteiger partial charge on any atom is 0.244 e. The molecule has 0 bridgehead atoms. The van der Waals surface area contributed by atoms with Gasteiger partial charge in [0.1, 0.15) is 5.75 Å². The lowest BCUT2D eigenvalue weighted by Gasteiger charge is -2.09. The van der Waals surface area contributed by atoms with E-state index in [0.717, 1.165) is 5.39 Å². The number of nitrogens with one attached hydrogen (secondary N) is 1. The van der Waals surface area contributed by atoms with Gasteiger partial charge in [0.05, 0.1) is 23.1 Å². The van der Waals surface area contributed by atoms with Crippen LogP contribution in [0.3, 0.4) is 0 Å². The number of phenolic OH excluding ortho intramolecular Hbond substituents is 1. The Balaban J connectivity index is 1.79. The predicted octanol–water partition coefficient (Wildman–Crippen LogP) is 1.82. The van der Waals surface area contributed by atoms with Crippen molar-refractivity contribution in [2.45, 2.75) is 13.3 Å². The summed E-state index contributed by atoms with van der Waals surface area (Å²) in [5.41, 5.74) is 3.38. The van der Waals surface area contributed by atoms with Gasteiger partial charge in [0.25, 0.3) is 0 Å². The van der Waals surface area contributed by atoms with Crippen molar-refractivity contribution in [3.05, 3.63) is 42.0 Å². The maximum absolute atomic E-state index is 12.0. The normalized spacial score (nSPS) is 20.2. The lowest BCUT2D eigenvalue weighted by Crippen LogP contribution is -2.28. The lowest BCUT2D eigenvalue weighted by atomic mass is 10.0. The average Bonchev–Trinajstić information content (AvgIpc) is 2.93. The first-order valence-corrected chi connectivity index (χ1v) is 9.45. The second kappa shape index (κ2) is 6.24. The Bertz CT molecular complexity index is 935. The van der Waals surface area contributed by atoms with Crippen LogP contribution in [-0.4, -0.2) is 36.6 Å². The number of hydrogen-bond donors (Lipinski definition) is 2. The van der Waals surface area contributed by atoms with Crippen molar-refractivity contribution in [3.8, 4) is 5.75 Å². The molecule has 24 heavy (non-hydrogen) atoms. The summed E-state index contributed by atoms with van der Waals surface area (Å²) >= 11 is 0. The number of phenols is 1. The summed E-state index contributed by atoms with van der Waals surface area (Å²) in [4.78, 5) is 12.0. The molecule has 7 heteroatoms. The smallest absolute Gasteiger partial charge is 0.244 e. The molecule has 2 aromatic carbocycles. The highest BCUT2D eigenvalue weighted by Crippen LogP contribution is 2.29. The monoisotopic (exact) mass is 346 g/mol. The van der Waals surface area contributed by atoms with Crippen molar-refractivity contribution in [2.75, 3.05) is 11.5 Å². The molecule has 2 N–H and O–H groups in total. The van der Waals surface area contributed by atoms with E-state index >= 15 is 0 Å². The quantitative estimate of drug-likeness (QED) is 0.654. The highest BCUT2D eigenvalue weighted by atomic mass is 32.2. The van der Waals surface area contributed by atoms with Gasteiger partial charge in [-0.05, 0) is 24.8 Å². The minimum absolute atomic E-state index is 0.0409. The molecule has 6 nitrogen and oxygen atoms in total. The summed E-state index contributed by atoms with van der Waals surface area (Å²) < 4.78 is 22.9. The number of benzene rings is 2. The van der Waals surface area contributed by atoms with Crippen molar-refractivity contribution >= 4 is 32.2 Å². The van der Waals surface area contributed by atoms with Gasteiger partial charge in [-0.25, -0.2) is 13.8 Å². The zero-order valence-corrected chi connectivity index (χ0v) is 14.0. The van der Waals surface area contributed by atoms with Crippen LogP contribution in [-0.2, 0) is 14.6 Å². The minimum atomic E-state index is -3.11. The fourth-order valence-corrected chi connectivity index (χ4v) is 4.58. The molecule has 126 valence electrons. The van der Waals surface area contributed by atoms with Gasteiger partial charge in [0.15, 0.2) is 9.84 Å². The summed E-state index contributed by atoms with van der Waals surface area (Å²) in [6.45, 7) is 1.68. The molecule has 1 fully saturated rings. The summed E-state index contributed by atoms with van der Waals surface area (Å²) in [5, 5.41) is 16.0. The van der Waals surface area contributed by atoms with Crippen molar-refractivity contribution < 1.29 is 18.3 Å². The van der Waals surface area contributed by atoms with Gasteiger partial charge in [-0.2, -0.15) is 5.10 Å². The number of aromatic hydroxyl groups is 1. The largest absolute Gasteiger partial charge is 0.507 e. The number of nitrogens with zero attached hydrogens (tertiary/aromatic N) is 1. The third-order valence-corrected chi connectivity index (χ3v) is 6.00. The van der Waals surface area contributed by atoms with Gasteiger partial charge in [-0.15, -0.1) is 0 Å². The van der Waals surface area contributed by atoms with Crippen LogP contribution in [0.5, 0.6) is 5.75 Å². The zero-order chi connectivity index (χ0) is 17.3. The molecule has 1 aliphatic heterocycles. The number of hydrogen-bond acceptors (Lipinski definition) is 5. The highest BCUT2D eigenvalue weighted by Gasteiger charge is 2.32. The number of hydrazone groups is 1. The van der Waals surface area contributed by atoms with Crippen LogP contribution in [0.15, 0.2) is 41.5 Å². The first kappa shape index (κ1) is 16.4. The van der Waals surface area contributed by atoms with E-state index in [-0.39, 0.29) is 17.3 Å².